The average Bonchev–Trinajstić information content (AvgIpc) is 2.71. The molecule has 0 radical (unpaired) electrons. The minimum atomic E-state index is -2.74. The number of rotatable bonds is 5. The third-order valence-corrected chi connectivity index (χ3v) is 4.70. The van der Waals surface area contributed by atoms with E-state index in [0.29, 0.717) is 41.4 Å². The summed E-state index contributed by atoms with van der Waals surface area (Å²) in [6.45, 7) is 5.16. The fourth-order valence-electron chi connectivity index (χ4n) is 3.34. The molecule has 4 rings (SSSR count). The van der Waals surface area contributed by atoms with Crippen molar-refractivity contribution in [2.24, 2.45) is 5.92 Å². The minimum absolute atomic E-state index is 0.153. The summed E-state index contributed by atoms with van der Waals surface area (Å²) in [5, 5.41) is 4.06. The van der Waals surface area contributed by atoms with Crippen molar-refractivity contribution < 1.29 is 18.3 Å². The number of fused-ring (bicyclic) bond motifs is 2. The Morgan fingerprint density at radius 1 is 0.964 bits per heavy atom. The van der Waals surface area contributed by atoms with Crippen LogP contribution in [0.25, 0.3) is 10.9 Å². The lowest BCUT2D eigenvalue weighted by atomic mass is 9.95. The topological polar surface area (TPSA) is 56.3 Å². The first kappa shape index (κ1) is 18.4. The summed E-state index contributed by atoms with van der Waals surface area (Å²) >= 11 is 0. The Morgan fingerprint density at radius 3 is 2.46 bits per heavy atom. The van der Waals surface area contributed by atoms with Gasteiger partial charge in [0.05, 0.1) is 11.6 Å². The number of aromatic nitrogens is 2. The summed E-state index contributed by atoms with van der Waals surface area (Å²) in [6.07, 6.45) is -2.74. The van der Waals surface area contributed by atoms with Gasteiger partial charge in [0.15, 0.2) is 17.3 Å². The van der Waals surface area contributed by atoms with E-state index in [9.17, 15) is 8.78 Å². The van der Waals surface area contributed by atoms with Gasteiger partial charge in [0.25, 0.3) is 6.43 Å². The summed E-state index contributed by atoms with van der Waals surface area (Å²) in [4.78, 5) is 8.09. The molecule has 1 aromatic heterocycles. The second-order valence-electron chi connectivity index (χ2n) is 7.02. The quantitative estimate of drug-likeness (QED) is 0.658. The number of anilines is 1. The number of hydrogen-bond donors (Lipinski definition) is 1. The fourth-order valence-corrected chi connectivity index (χ4v) is 3.34. The highest BCUT2D eigenvalue weighted by molar-refractivity contribution is 5.89. The van der Waals surface area contributed by atoms with E-state index < -0.39 is 12.2 Å². The van der Waals surface area contributed by atoms with E-state index >= 15 is 0 Å². The van der Waals surface area contributed by atoms with Crippen LogP contribution < -0.4 is 14.8 Å². The molecular weight excluding hydrogens is 364 g/mol. The Morgan fingerprint density at radius 2 is 1.71 bits per heavy atom. The van der Waals surface area contributed by atoms with Crippen molar-refractivity contribution in [1.29, 1.82) is 0 Å². The Kier molecular flexibility index (Phi) is 4.98. The van der Waals surface area contributed by atoms with Crippen LogP contribution in [0.15, 0.2) is 42.5 Å². The van der Waals surface area contributed by atoms with Gasteiger partial charge >= 0.3 is 0 Å². The van der Waals surface area contributed by atoms with Crippen LogP contribution in [0.5, 0.6) is 11.5 Å². The van der Waals surface area contributed by atoms with Crippen LogP contribution in [0.3, 0.4) is 0 Å². The van der Waals surface area contributed by atoms with Gasteiger partial charge in [-0.25, -0.2) is 18.7 Å². The summed E-state index contributed by atoms with van der Waals surface area (Å²) in [6, 6.07) is 12.8. The van der Waals surface area contributed by atoms with E-state index in [2.05, 4.69) is 29.1 Å². The number of alkyl halides is 2. The number of ether oxygens (including phenoxy) is 2. The second-order valence-corrected chi connectivity index (χ2v) is 7.02. The lowest BCUT2D eigenvalue weighted by molar-refractivity contribution is 0.141. The molecule has 2 heterocycles. The highest BCUT2D eigenvalue weighted by Gasteiger charge is 2.22. The normalized spacial score (nSPS) is 14.5. The zero-order valence-electron chi connectivity index (χ0n) is 15.7. The molecule has 3 aromatic rings. The molecule has 0 bridgehead atoms. The molecule has 1 aliphatic heterocycles. The number of benzene rings is 2. The largest absolute Gasteiger partial charge is 0.486 e. The molecule has 7 heteroatoms. The summed E-state index contributed by atoms with van der Waals surface area (Å²) < 4.78 is 37.9. The monoisotopic (exact) mass is 385 g/mol. The first-order valence-electron chi connectivity index (χ1n) is 9.24. The number of nitrogens with zero attached hydrogens (tertiary/aromatic N) is 2. The molecule has 28 heavy (non-hydrogen) atoms. The van der Waals surface area contributed by atoms with Crippen LogP contribution in [0.4, 0.5) is 14.6 Å². The average molecular weight is 385 g/mol. The van der Waals surface area contributed by atoms with Crippen LogP contribution in [-0.2, 0) is 0 Å². The lowest BCUT2D eigenvalue weighted by Crippen LogP contribution is -2.20. The predicted octanol–water partition coefficient (Wildman–Crippen LogP) is 5.15. The standard InChI is InChI=1S/C21H21F2N3O2/c1-12(2)18(13-7-8-16-17(11-13)28-10-9-27-16)25-20-14-5-3-4-6-15(14)24-21(26-20)19(22)23/h3-8,11-12,18-19H,9-10H2,1-2H3,(H,24,25,26). The van der Waals surface area contributed by atoms with Crippen LogP contribution in [-0.4, -0.2) is 23.2 Å². The second kappa shape index (κ2) is 7.58. The molecule has 0 saturated carbocycles. The molecule has 0 fully saturated rings. The molecule has 1 N–H and O–H groups in total. The zero-order chi connectivity index (χ0) is 19.7. The van der Waals surface area contributed by atoms with Gasteiger partial charge in [0.2, 0.25) is 0 Å². The lowest BCUT2D eigenvalue weighted by Gasteiger charge is -2.26. The summed E-state index contributed by atoms with van der Waals surface area (Å²) in [5.41, 5.74) is 1.46. The summed E-state index contributed by atoms with van der Waals surface area (Å²) in [5.74, 6) is 1.49. The maximum atomic E-state index is 13.3. The Balaban J connectivity index is 1.75. The number of halogens is 2. The van der Waals surface area contributed by atoms with Gasteiger partial charge in [-0.05, 0) is 35.7 Å². The molecule has 1 unspecified atom stereocenters. The SMILES string of the molecule is CC(C)C(Nc1nc(C(F)F)nc2ccccc12)c1ccc2c(c1)OCCO2. The van der Waals surface area contributed by atoms with Crippen LogP contribution in [0.1, 0.15) is 37.7 Å². The van der Waals surface area contributed by atoms with Crippen molar-refractivity contribution in [2.75, 3.05) is 18.5 Å². The predicted molar refractivity (Wildman–Crippen MR) is 103 cm³/mol. The summed E-state index contributed by atoms with van der Waals surface area (Å²) in [7, 11) is 0. The molecule has 146 valence electrons. The maximum absolute atomic E-state index is 13.3. The molecule has 0 aliphatic carbocycles. The van der Waals surface area contributed by atoms with Gasteiger partial charge in [0.1, 0.15) is 19.0 Å². The highest BCUT2D eigenvalue weighted by Crippen LogP contribution is 2.36. The van der Waals surface area contributed by atoms with Crippen molar-refractivity contribution >= 4 is 16.7 Å². The zero-order valence-corrected chi connectivity index (χ0v) is 15.7. The van der Waals surface area contributed by atoms with Crippen LogP contribution >= 0.6 is 0 Å². The number of nitrogens with one attached hydrogen (secondary N) is 1. The number of hydrogen-bond acceptors (Lipinski definition) is 5. The molecule has 0 saturated heterocycles. The number of para-hydroxylation sites is 1. The first-order chi connectivity index (χ1) is 13.5. The smallest absolute Gasteiger partial charge is 0.297 e. The van der Waals surface area contributed by atoms with Crippen LogP contribution in [0.2, 0.25) is 0 Å². The maximum Gasteiger partial charge on any atom is 0.297 e. The molecule has 5 nitrogen and oxygen atoms in total. The fraction of sp³-hybridized carbons (Fsp3) is 0.333. The van der Waals surface area contributed by atoms with Gasteiger partial charge < -0.3 is 14.8 Å². The Labute approximate surface area is 161 Å². The van der Waals surface area contributed by atoms with Gasteiger partial charge in [-0.15, -0.1) is 0 Å². The highest BCUT2D eigenvalue weighted by atomic mass is 19.3. The molecule has 1 aliphatic rings. The van der Waals surface area contributed by atoms with Crippen LogP contribution in [0, 0.1) is 5.92 Å². The van der Waals surface area contributed by atoms with E-state index in [1.54, 1.807) is 12.1 Å². The van der Waals surface area contributed by atoms with Crippen molar-refractivity contribution in [2.45, 2.75) is 26.3 Å². The van der Waals surface area contributed by atoms with Gasteiger partial charge in [-0.2, -0.15) is 0 Å². The van der Waals surface area contributed by atoms with Crippen molar-refractivity contribution in [3.05, 3.63) is 53.9 Å². The molecule has 0 amide bonds. The van der Waals surface area contributed by atoms with Crippen molar-refractivity contribution in [3.8, 4) is 11.5 Å². The van der Waals surface area contributed by atoms with E-state index in [-0.39, 0.29) is 12.0 Å². The molecule has 1 atom stereocenters. The van der Waals surface area contributed by atoms with E-state index in [1.165, 1.54) is 0 Å². The Bertz CT molecular complexity index is 995. The molecule has 2 aromatic carbocycles. The third kappa shape index (κ3) is 3.56. The van der Waals surface area contributed by atoms with Crippen molar-refractivity contribution in [1.82, 2.24) is 9.97 Å². The van der Waals surface area contributed by atoms with Gasteiger partial charge in [-0.3, -0.25) is 0 Å². The van der Waals surface area contributed by atoms with E-state index in [4.69, 9.17) is 9.47 Å². The van der Waals surface area contributed by atoms with Gasteiger partial charge in [-0.1, -0.05) is 32.0 Å². The Hall–Kier alpha value is -2.96. The molecule has 0 spiro atoms. The van der Waals surface area contributed by atoms with E-state index in [0.717, 1.165) is 5.56 Å². The van der Waals surface area contributed by atoms with Gasteiger partial charge in [0, 0.05) is 5.39 Å². The van der Waals surface area contributed by atoms with E-state index in [1.807, 2.05) is 30.3 Å². The third-order valence-electron chi connectivity index (χ3n) is 4.70. The molecular formula is C21H21F2N3O2. The minimum Gasteiger partial charge on any atom is -0.486 e. The first-order valence-corrected chi connectivity index (χ1v) is 9.24. The van der Waals surface area contributed by atoms with Crippen molar-refractivity contribution in [3.63, 3.8) is 0 Å².